The van der Waals surface area contributed by atoms with Gasteiger partial charge in [0, 0.05) is 38.6 Å². The standard InChI is InChI=1S/C20H31NO8/c1-12(22)26-9-15-7-8-18(21-19(25)29-20(4,5)6)17(11-28-14(3)24)16(15)10-27-13(2)23/h7,16-18H,8-11H2,1-6H3,(H,21,25)/t16-,17-,18+/m0/s1. The molecule has 0 unspecified atom stereocenters. The van der Waals surface area contributed by atoms with Crippen LogP contribution >= 0.6 is 0 Å². The van der Waals surface area contributed by atoms with E-state index in [0.717, 1.165) is 5.57 Å². The first-order valence-electron chi connectivity index (χ1n) is 9.47. The second-order valence-electron chi connectivity index (χ2n) is 7.92. The van der Waals surface area contributed by atoms with Crippen LogP contribution in [0.2, 0.25) is 0 Å². The Labute approximate surface area is 171 Å². The fourth-order valence-corrected chi connectivity index (χ4v) is 3.02. The largest absolute Gasteiger partial charge is 0.465 e. The summed E-state index contributed by atoms with van der Waals surface area (Å²) in [5, 5.41) is 2.81. The first-order chi connectivity index (χ1) is 13.4. The van der Waals surface area contributed by atoms with Gasteiger partial charge in [-0.05, 0) is 32.8 Å². The molecule has 1 rings (SSSR count). The minimum absolute atomic E-state index is 0.000852. The number of ether oxygens (including phenoxy) is 4. The molecule has 0 saturated heterocycles. The number of hydrogen-bond donors (Lipinski definition) is 1. The topological polar surface area (TPSA) is 117 Å². The third kappa shape index (κ3) is 9.45. The summed E-state index contributed by atoms with van der Waals surface area (Å²) in [6.45, 7) is 9.16. The number of amides is 1. The maximum atomic E-state index is 12.3. The lowest BCUT2D eigenvalue weighted by atomic mass is 9.76. The fraction of sp³-hybridized carbons (Fsp3) is 0.700. The number of nitrogens with one attached hydrogen (secondary N) is 1. The van der Waals surface area contributed by atoms with E-state index in [2.05, 4.69) is 5.32 Å². The van der Waals surface area contributed by atoms with Crippen LogP contribution in [0.4, 0.5) is 4.79 Å². The molecule has 29 heavy (non-hydrogen) atoms. The monoisotopic (exact) mass is 413 g/mol. The average Bonchev–Trinajstić information content (AvgIpc) is 2.55. The molecule has 0 aromatic carbocycles. The van der Waals surface area contributed by atoms with Crippen molar-refractivity contribution in [1.29, 1.82) is 0 Å². The molecule has 0 bridgehead atoms. The Morgan fingerprint density at radius 2 is 1.52 bits per heavy atom. The van der Waals surface area contributed by atoms with Crippen molar-refractivity contribution in [1.82, 2.24) is 5.32 Å². The van der Waals surface area contributed by atoms with Crippen molar-refractivity contribution in [3.05, 3.63) is 11.6 Å². The van der Waals surface area contributed by atoms with Crippen molar-refractivity contribution >= 4 is 24.0 Å². The number of carbonyl (C=O) groups excluding carboxylic acids is 4. The van der Waals surface area contributed by atoms with Crippen molar-refractivity contribution < 1.29 is 38.1 Å². The van der Waals surface area contributed by atoms with E-state index in [9.17, 15) is 19.2 Å². The maximum Gasteiger partial charge on any atom is 0.407 e. The molecule has 0 heterocycles. The van der Waals surface area contributed by atoms with E-state index in [1.807, 2.05) is 6.08 Å². The molecule has 0 aromatic heterocycles. The highest BCUT2D eigenvalue weighted by Gasteiger charge is 2.38. The Morgan fingerprint density at radius 1 is 0.966 bits per heavy atom. The lowest BCUT2D eigenvalue weighted by molar-refractivity contribution is -0.147. The summed E-state index contributed by atoms with van der Waals surface area (Å²) in [5.41, 5.74) is 0.0678. The summed E-state index contributed by atoms with van der Waals surface area (Å²) in [5.74, 6) is -2.19. The number of rotatable bonds is 7. The minimum atomic E-state index is -0.669. The molecule has 9 nitrogen and oxygen atoms in total. The van der Waals surface area contributed by atoms with Gasteiger partial charge in [0.15, 0.2) is 0 Å². The van der Waals surface area contributed by atoms with Crippen molar-refractivity contribution in [2.45, 2.75) is 59.6 Å². The lowest BCUT2D eigenvalue weighted by Gasteiger charge is -2.38. The van der Waals surface area contributed by atoms with Crippen LogP contribution in [-0.2, 0) is 33.3 Å². The van der Waals surface area contributed by atoms with Crippen molar-refractivity contribution in [2.24, 2.45) is 11.8 Å². The summed E-state index contributed by atoms with van der Waals surface area (Å²) in [6, 6.07) is -0.425. The smallest absolute Gasteiger partial charge is 0.407 e. The van der Waals surface area contributed by atoms with Gasteiger partial charge < -0.3 is 24.3 Å². The minimum Gasteiger partial charge on any atom is -0.465 e. The summed E-state index contributed by atoms with van der Waals surface area (Å²) in [4.78, 5) is 46.2. The van der Waals surface area contributed by atoms with Crippen LogP contribution in [0.1, 0.15) is 48.0 Å². The Morgan fingerprint density at radius 3 is 2.03 bits per heavy atom. The first-order valence-corrected chi connectivity index (χ1v) is 9.47. The van der Waals surface area contributed by atoms with Crippen LogP contribution in [0, 0.1) is 11.8 Å². The molecular formula is C20H31NO8. The molecule has 1 aliphatic carbocycles. The summed E-state index contributed by atoms with van der Waals surface area (Å²) < 4.78 is 20.8. The lowest BCUT2D eigenvalue weighted by Crippen LogP contribution is -2.50. The predicted octanol–water partition coefficient (Wildman–Crippen LogP) is 2.13. The maximum absolute atomic E-state index is 12.3. The van der Waals surface area contributed by atoms with Crippen LogP contribution < -0.4 is 5.32 Å². The Hall–Kier alpha value is -2.58. The molecule has 1 aliphatic rings. The van der Waals surface area contributed by atoms with E-state index in [1.54, 1.807) is 20.8 Å². The van der Waals surface area contributed by atoms with Crippen LogP contribution in [0.25, 0.3) is 0 Å². The Bertz CT molecular complexity index is 649. The zero-order chi connectivity index (χ0) is 22.2. The molecule has 1 amide bonds. The number of alkyl carbamates (subject to hydrolysis) is 1. The number of esters is 3. The third-order valence-corrected chi connectivity index (χ3v) is 4.23. The van der Waals surface area contributed by atoms with Gasteiger partial charge in [-0.3, -0.25) is 14.4 Å². The van der Waals surface area contributed by atoms with Crippen molar-refractivity contribution in [2.75, 3.05) is 19.8 Å². The molecular weight excluding hydrogens is 382 g/mol. The van der Waals surface area contributed by atoms with Gasteiger partial charge >= 0.3 is 24.0 Å². The number of hydrogen-bond acceptors (Lipinski definition) is 8. The molecule has 0 fully saturated rings. The van der Waals surface area contributed by atoms with Gasteiger partial charge in [0.05, 0.1) is 13.2 Å². The van der Waals surface area contributed by atoms with Crippen LogP contribution in [0.3, 0.4) is 0 Å². The van der Waals surface area contributed by atoms with E-state index in [4.69, 9.17) is 18.9 Å². The second-order valence-corrected chi connectivity index (χ2v) is 7.92. The molecule has 0 aromatic rings. The van der Waals surface area contributed by atoms with Gasteiger partial charge in [-0.15, -0.1) is 0 Å². The second kappa shape index (κ2) is 10.8. The summed E-state index contributed by atoms with van der Waals surface area (Å²) in [7, 11) is 0. The van der Waals surface area contributed by atoms with Crippen molar-refractivity contribution in [3.8, 4) is 0 Å². The highest BCUT2D eigenvalue weighted by atomic mass is 16.6. The van der Waals surface area contributed by atoms with Gasteiger partial charge in [-0.1, -0.05) is 6.08 Å². The van der Waals surface area contributed by atoms with E-state index >= 15 is 0 Å². The highest BCUT2D eigenvalue weighted by Crippen LogP contribution is 2.32. The molecule has 0 spiro atoms. The van der Waals surface area contributed by atoms with E-state index in [-0.39, 0.29) is 19.8 Å². The molecule has 3 atom stereocenters. The van der Waals surface area contributed by atoms with E-state index in [0.29, 0.717) is 6.42 Å². The van der Waals surface area contributed by atoms with Gasteiger partial charge in [-0.25, -0.2) is 4.79 Å². The van der Waals surface area contributed by atoms with Gasteiger partial charge in [0.2, 0.25) is 0 Å². The summed E-state index contributed by atoms with van der Waals surface area (Å²) in [6.07, 6.45) is 1.65. The van der Waals surface area contributed by atoms with Gasteiger partial charge in [0.1, 0.15) is 12.2 Å². The average molecular weight is 413 g/mol. The van der Waals surface area contributed by atoms with Crippen LogP contribution in [0.15, 0.2) is 11.6 Å². The molecule has 0 aliphatic heterocycles. The Kier molecular flexibility index (Phi) is 9.13. The fourth-order valence-electron chi connectivity index (χ4n) is 3.02. The normalized spacial score (nSPS) is 21.4. The SMILES string of the molecule is CC(=O)OCC1=CC[C@@H](NC(=O)OC(C)(C)C)[C@@H](COC(C)=O)[C@H]1COC(C)=O. The third-order valence-electron chi connectivity index (χ3n) is 4.23. The predicted molar refractivity (Wildman–Crippen MR) is 103 cm³/mol. The van der Waals surface area contributed by atoms with Crippen LogP contribution in [0.5, 0.6) is 0 Å². The van der Waals surface area contributed by atoms with E-state index in [1.165, 1.54) is 20.8 Å². The highest BCUT2D eigenvalue weighted by molar-refractivity contribution is 5.68. The summed E-state index contributed by atoms with van der Waals surface area (Å²) >= 11 is 0. The Balaban J connectivity index is 3.08. The first kappa shape index (κ1) is 24.5. The molecule has 1 N–H and O–H groups in total. The zero-order valence-corrected chi connectivity index (χ0v) is 17.9. The quantitative estimate of drug-likeness (QED) is 0.383. The molecule has 0 radical (unpaired) electrons. The van der Waals surface area contributed by atoms with Crippen molar-refractivity contribution in [3.63, 3.8) is 0 Å². The van der Waals surface area contributed by atoms with Crippen LogP contribution in [-0.4, -0.2) is 55.5 Å². The molecule has 9 heteroatoms. The van der Waals surface area contributed by atoms with Gasteiger partial charge in [0.25, 0.3) is 0 Å². The van der Waals surface area contributed by atoms with Gasteiger partial charge in [-0.2, -0.15) is 0 Å². The zero-order valence-electron chi connectivity index (χ0n) is 17.9. The number of carbonyl (C=O) groups is 4. The molecule has 164 valence electrons. The van der Waals surface area contributed by atoms with E-state index < -0.39 is 47.5 Å². The molecule has 0 saturated carbocycles.